The highest BCUT2D eigenvalue weighted by atomic mass is 16.5. The van der Waals surface area contributed by atoms with E-state index in [0.717, 1.165) is 11.1 Å². The molecule has 0 aliphatic rings. The number of carbonyl (C=O) groups is 2. The molecule has 0 aliphatic carbocycles. The zero-order valence-electron chi connectivity index (χ0n) is 20.4. The predicted molar refractivity (Wildman–Crippen MR) is 138 cm³/mol. The molecule has 0 bridgehead atoms. The quantitative estimate of drug-likeness (QED) is 0.228. The van der Waals surface area contributed by atoms with Gasteiger partial charge in [0.2, 0.25) is 0 Å². The molecule has 0 unspecified atom stereocenters. The number of hydrogen-bond acceptors (Lipinski definition) is 4. The number of rotatable bonds is 5. The first kappa shape index (κ1) is 24.0. The molecule has 4 heteroatoms. The highest BCUT2D eigenvalue weighted by molar-refractivity contribution is 5.94. The van der Waals surface area contributed by atoms with Crippen molar-refractivity contribution in [1.82, 2.24) is 0 Å². The molecule has 4 aromatic carbocycles. The van der Waals surface area contributed by atoms with E-state index >= 15 is 0 Å². The van der Waals surface area contributed by atoms with Gasteiger partial charge in [0.05, 0.1) is 11.1 Å². The Kier molecular flexibility index (Phi) is 6.83. The van der Waals surface area contributed by atoms with E-state index < -0.39 is 11.9 Å². The van der Waals surface area contributed by atoms with Crippen molar-refractivity contribution in [2.45, 2.75) is 33.1 Å². The molecule has 176 valence electrons. The van der Waals surface area contributed by atoms with Crippen LogP contribution in [0.25, 0.3) is 11.1 Å². The van der Waals surface area contributed by atoms with Gasteiger partial charge in [-0.2, -0.15) is 0 Å². The third-order valence-electron chi connectivity index (χ3n) is 5.73. The first-order chi connectivity index (χ1) is 16.7. The van der Waals surface area contributed by atoms with Crippen LogP contribution in [0.5, 0.6) is 11.5 Å². The molecular formula is C31H28O4. The summed E-state index contributed by atoms with van der Waals surface area (Å²) in [4.78, 5) is 25.8. The van der Waals surface area contributed by atoms with Crippen LogP contribution in [0, 0.1) is 6.92 Å². The summed E-state index contributed by atoms with van der Waals surface area (Å²) in [6, 6.07) is 29.1. The summed E-state index contributed by atoms with van der Waals surface area (Å²) in [5.74, 6) is -0.0688. The molecule has 0 aromatic heterocycles. The van der Waals surface area contributed by atoms with Gasteiger partial charge in [-0.25, -0.2) is 9.59 Å². The summed E-state index contributed by atoms with van der Waals surface area (Å²) in [5, 5.41) is 0. The Morgan fingerprint density at radius 3 is 1.71 bits per heavy atom. The molecule has 0 saturated heterocycles. The van der Waals surface area contributed by atoms with Crippen LogP contribution in [0.2, 0.25) is 0 Å². The van der Waals surface area contributed by atoms with E-state index in [9.17, 15) is 9.59 Å². The van der Waals surface area contributed by atoms with Crippen molar-refractivity contribution in [3.63, 3.8) is 0 Å². The molecule has 4 nitrogen and oxygen atoms in total. The summed E-state index contributed by atoms with van der Waals surface area (Å²) in [7, 11) is 0. The molecular weight excluding hydrogens is 436 g/mol. The number of ether oxygens (including phenoxy) is 2. The Labute approximate surface area is 206 Å². The monoisotopic (exact) mass is 464 g/mol. The smallest absolute Gasteiger partial charge is 0.343 e. The van der Waals surface area contributed by atoms with Crippen molar-refractivity contribution in [3.8, 4) is 22.6 Å². The molecule has 4 aromatic rings. The van der Waals surface area contributed by atoms with Gasteiger partial charge in [0.1, 0.15) is 11.5 Å². The van der Waals surface area contributed by atoms with Gasteiger partial charge >= 0.3 is 11.9 Å². The second kappa shape index (κ2) is 9.98. The zero-order valence-corrected chi connectivity index (χ0v) is 20.4. The molecule has 0 radical (unpaired) electrons. The van der Waals surface area contributed by atoms with Gasteiger partial charge in [-0.15, -0.1) is 0 Å². The third kappa shape index (κ3) is 5.49. The van der Waals surface area contributed by atoms with Crippen LogP contribution < -0.4 is 9.47 Å². The fourth-order valence-corrected chi connectivity index (χ4v) is 3.78. The van der Waals surface area contributed by atoms with Crippen LogP contribution in [0.3, 0.4) is 0 Å². The van der Waals surface area contributed by atoms with Crippen molar-refractivity contribution >= 4 is 11.9 Å². The summed E-state index contributed by atoms with van der Waals surface area (Å²) in [5.41, 5.74) is 4.03. The van der Waals surface area contributed by atoms with Crippen molar-refractivity contribution < 1.29 is 19.1 Å². The minimum absolute atomic E-state index is 0.142. The Bertz CT molecular complexity index is 1350. The lowest BCUT2D eigenvalue weighted by Gasteiger charge is -2.23. The molecule has 0 aliphatic heterocycles. The Morgan fingerprint density at radius 2 is 1.14 bits per heavy atom. The fourth-order valence-electron chi connectivity index (χ4n) is 3.78. The Morgan fingerprint density at radius 1 is 0.629 bits per heavy atom. The van der Waals surface area contributed by atoms with Crippen molar-refractivity contribution in [3.05, 3.63) is 119 Å². The van der Waals surface area contributed by atoms with Gasteiger partial charge < -0.3 is 9.47 Å². The van der Waals surface area contributed by atoms with Crippen LogP contribution in [0.15, 0.2) is 97.1 Å². The highest BCUT2D eigenvalue weighted by Gasteiger charge is 2.23. The Balaban J connectivity index is 1.82. The molecule has 0 fully saturated rings. The van der Waals surface area contributed by atoms with Crippen LogP contribution in [-0.2, 0) is 5.41 Å². The first-order valence-corrected chi connectivity index (χ1v) is 11.5. The maximum atomic E-state index is 13.0. The number of para-hydroxylation sites is 1. The maximum absolute atomic E-state index is 13.0. The lowest BCUT2D eigenvalue weighted by atomic mass is 9.83. The van der Waals surface area contributed by atoms with Crippen molar-refractivity contribution in [2.24, 2.45) is 0 Å². The normalized spacial score (nSPS) is 11.1. The maximum Gasteiger partial charge on any atom is 0.343 e. The van der Waals surface area contributed by atoms with E-state index in [1.54, 1.807) is 54.6 Å². The lowest BCUT2D eigenvalue weighted by Crippen LogP contribution is -2.14. The SMILES string of the molecule is Cc1cc(C(C)(C)C)cc(-c2ccccc2OC(=O)c2ccccc2)c1OC(=O)c1ccccc1. The predicted octanol–water partition coefficient (Wildman–Crippen LogP) is 7.40. The highest BCUT2D eigenvalue weighted by Crippen LogP contribution is 2.42. The number of hydrogen-bond donors (Lipinski definition) is 0. The molecule has 4 rings (SSSR count). The van der Waals surface area contributed by atoms with Gasteiger partial charge in [-0.05, 0) is 59.9 Å². The first-order valence-electron chi connectivity index (χ1n) is 11.5. The van der Waals surface area contributed by atoms with E-state index in [1.807, 2.05) is 49.4 Å². The van der Waals surface area contributed by atoms with E-state index in [2.05, 4.69) is 20.8 Å². The fraction of sp³-hybridized carbons (Fsp3) is 0.161. The second-order valence-corrected chi connectivity index (χ2v) is 9.43. The number of carbonyl (C=O) groups excluding carboxylic acids is 2. The minimum Gasteiger partial charge on any atom is -0.422 e. The molecule has 0 heterocycles. The van der Waals surface area contributed by atoms with E-state index in [-0.39, 0.29) is 5.41 Å². The van der Waals surface area contributed by atoms with Gasteiger partial charge in [0.15, 0.2) is 0 Å². The summed E-state index contributed by atoms with van der Waals surface area (Å²) < 4.78 is 11.8. The largest absolute Gasteiger partial charge is 0.422 e. The standard InChI is InChI=1S/C31H28O4/c1-21-19-24(31(2,3)4)20-26(28(21)35-30(33)23-15-9-6-10-16-23)25-17-11-12-18-27(25)34-29(32)22-13-7-5-8-14-22/h5-20H,1-4H3. The number of aryl methyl sites for hydroxylation is 1. The molecule has 0 spiro atoms. The summed E-state index contributed by atoms with van der Waals surface area (Å²) in [6.45, 7) is 8.30. The number of esters is 2. The van der Waals surface area contributed by atoms with Gasteiger partial charge in [0, 0.05) is 11.1 Å². The van der Waals surface area contributed by atoms with Crippen LogP contribution in [-0.4, -0.2) is 11.9 Å². The van der Waals surface area contributed by atoms with Crippen molar-refractivity contribution in [2.75, 3.05) is 0 Å². The van der Waals surface area contributed by atoms with Crippen molar-refractivity contribution in [1.29, 1.82) is 0 Å². The summed E-state index contributed by atoms with van der Waals surface area (Å²) in [6.07, 6.45) is 0. The van der Waals surface area contributed by atoms with Crippen LogP contribution >= 0.6 is 0 Å². The number of benzene rings is 4. The van der Waals surface area contributed by atoms with E-state index in [0.29, 0.717) is 33.8 Å². The lowest BCUT2D eigenvalue weighted by molar-refractivity contribution is 0.0722. The average Bonchev–Trinajstić information content (AvgIpc) is 2.86. The molecule has 0 amide bonds. The molecule has 0 atom stereocenters. The third-order valence-corrected chi connectivity index (χ3v) is 5.73. The van der Waals surface area contributed by atoms with Crippen LogP contribution in [0.4, 0.5) is 0 Å². The zero-order chi connectivity index (χ0) is 25.0. The molecule has 35 heavy (non-hydrogen) atoms. The minimum atomic E-state index is -0.454. The van der Waals surface area contributed by atoms with E-state index in [1.165, 1.54) is 0 Å². The topological polar surface area (TPSA) is 52.6 Å². The van der Waals surface area contributed by atoms with E-state index in [4.69, 9.17) is 9.47 Å². The van der Waals surface area contributed by atoms with Gasteiger partial charge in [0.25, 0.3) is 0 Å². The summed E-state index contributed by atoms with van der Waals surface area (Å²) >= 11 is 0. The molecule has 0 saturated carbocycles. The average molecular weight is 465 g/mol. The van der Waals surface area contributed by atoms with Gasteiger partial charge in [-0.3, -0.25) is 0 Å². The second-order valence-electron chi connectivity index (χ2n) is 9.43. The van der Waals surface area contributed by atoms with Gasteiger partial charge in [-0.1, -0.05) is 81.4 Å². The molecule has 0 N–H and O–H groups in total. The Hall–Kier alpha value is -4.18. The van der Waals surface area contributed by atoms with Crippen LogP contribution in [0.1, 0.15) is 52.6 Å².